The smallest absolute Gasteiger partial charge is 0.0735 e. The molecule has 2 aromatic rings. The summed E-state index contributed by atoms with van der Waals surface area (Å²) in [5, 5.41) is 6.68. The van der Waals surface area contributed by atoms with Gasteiger partial charge in [-0.1, -0.05) is 39.0 Å². The monoisotopic (exact) mass is 276 g/mol. The van der Waals surface area contributed by atoms with Gasteiger partial charge in [-0.3, -0.25) is 0 Å². The van der Waals surface area contributed by atoms with Crippen molar-refractivity contribution >= 4 is 22.7 Å². The maximum atomic E-state index is 3.54. The molecule has 0 aliphatic heterocycles. The van der Waals surface area contributed by atoms with E-state index in [-0.39, 0.29) is 0 Å². The minimum Gasteiger partial charge on any atom is -0.350 e. The molecular formula is C16H24N2S. The predicted molar refractivity (Wildman–Crippen MR) is 85.9 cm³/mol. The van der Waals surface area contributed by atoms with Crippen molar-refractivity contribution in [3.8, 4) is 0 Å². The van der Waals surface area contributed by atoms with Crippen molar-refractivity contribution < 1.29 is 0 Å². The van der Waals surface area contributed by atoms with Crippen molar-refractivity contribution in [2.24, 2.45) is 5.92 Å². The van der Waals surface area contributed by atoms with E-state index in [2.05, 4.69) is 61.4 Å². The van der Waals surface area contributed by atoms with Crippen molar-refractivity contribution in [3.63, 3.8) is 0 Å². The summed E-state index contributed by atoms with van der Waals surface area (Å²) in [5.41, 5.74) is 1.23. The zero-order valence-electron chi connectivity index (χ0n) is 12.1. The Morgan fingerprint density at radius 1 is 1.21 bits per heavy atom. The van der Waals surface area contributed by atoms with Gasteiger partial charge in [-0.25, -0.2) is 0 Å². The van der Waals surface area contributed by atoms with E-state index in [1.54, 1.807) is 0 Å². The van der Waals surface area contributed by atoms with E-state index in [0.29, 0.717) is 5.25 Å². The molecule has 1 unspecified atom stereocenters. The molecule has 1 aromatic heterocycles. The highest BCUT2D eigenvalue weighted by Crippen LogP contribution is 2.26. The summed E-state index contributed by atoms with van der Waals surface area (Å²) >= 11 is 1.91. The van der Waals surface area contributed by atoms with Crippen molar-refractivity contribution in [3.05, 3.63) is 30.3 Å². The van der Waals surface area contributed by atoms with E-state index >= 15 is 0 Å². The first-order chi connectivity index (χ1) is 9.15. The quantitative estimate of drug-likeness (QED) is 0.583. The minimum atomic E-state index is 0.584. The lowest BCUT2D eigenvalue weighted by Gasteiger charge is -2.12. The van der Waals surface area contributed by atoms with Crippen LogP contribution in [-0.2, 0) is 0 Å². The molecule has 2 nitrogen and oxygen atoms in total. The summed E-state index contributed by atoms with van der Waals surface area (Å²) < 4.78 is 0. The van der Waals surface area contributed by atoms with Crippen LogP contribution in [0.4, 0.5) is 0 Å². The normalized spacial score (nSPS) is 13.3. The number of H-pyrrole nitrogens is 1. The lowest BCUT2D eigenvalue weighted by atomic mass is 10.1. The molecule has 104 valence electrons. The highest BCUT2D eigenvalue weighted by atomic mass is 32.2. The molecule has 1 aromatic carbocycles. The van der Waals surface area contributed by atoms with E-state index in [1.165, 1.54) is 22.3 Å². The summed E-state index contributed by atoms with van der Waals surface area (Å²) in [7, 11) is 0. The van der Waals surface area contributed by atoms with Crippen molar-refractivity contribution in [2.75, 3.05) is 13.1 Å². The van der Waals surface area contributed by atoms with Gasteiger partial charge in [0.05, 0.1) is 5.03 Å². The largest absolute Gasteiger partial charge is 0.350 e. The number of fused-ring (bicyclic) bond motifs is 1. The number of aromatic amines is 1. The van der Waals surface area contributed by atoms with Crippen LogP contribution in [0.15, 0.2) is 35.4 Å². The number of hydrogen-bond donors (Lipinski definition) is 2. The molecule has 0 aliphatic carbocycles. The van der Waals surface area contributed by atoms with Gasteiger partial charge in [0, 0.05) is 22.7 Å². The van der Waals surface area contributed by atoms with Crippen LogP contribution in [0.3, 0.4) is 0 Å². The van der Waals surface area contributed by atoms with Gasteiger partial charge in [0.15, 0.2) is 0 Å². The van der Waals surface area contributed by atoms with Gasteiger partial charge in [0.2, 0.25) is 0 Å². The van der Waals surface area contributed by atoms with Crippen LogP contribution >= 0.6 is 11.8 Å². The Labute approximate surface area is 120 Å². The number of thioether (sulfide) groups is 1. The molecule has 0 saturated carbocycles. The van der Waals surface area contributed by atoms with Crippen LogP contribution in [0.25, 0.3) is 10.9 Å². The van der Waals surface area contributed by atoms with Crippen molar-refractivity contribution in [2.45, 2.75) is 37.5 Å². The van der Waals surface area contributed by atoms with Gasteiger partial charge in [-0.2, -0.15) is 0 Å². The van der Waals surface area contributed by atoms with Gasteiger partial charge in [0.25, 0.3) is 0 Å². The Bertz CT molecular complexity index is 471. The van der Waals surface area contributed by atoms with Crippen LogP contribution in [0.5, 0.6) is 0 Å². The fourth-order valence-corrected chi connectivity index (χ4v) is 3.06. The number of para-hydroxylation sites is 1. The van der Waals surface area contributed by atoms with Gasteiger partial charge in [0.1, 0.15) is 0 Å². The van der Waals surface area contributed by atoms with E-state index in [9.17, 15) is 0 Å². The first kappa shape index (κ1) is 14.5. The fourth-order valence-electron chi connectivity index (χ4n) is 2.06. The zero-order chi connectivity index (χ0) is 13.7. The second-order valence-corrected chi connectivity index (χ2v) is 7.02. The van der Waals surface area contributed by atoms with Crippen LogP contribution < -0.4 is 5.32 Å². The number of aromatic nitrogens is 1. The molecule has 1 atom stereocenters. The molecule has 3 heteroatoms. The predicted octanol–water partition coefficient (Wildman–Crippen LogP) is 4.28. The minimum absolute atomic E-state index is 0.584. The Morgan fingerprint density at radius 2 is 2.00 bits per heavy atom. The van der Waals surface area contributed by atoms with Crippen LogP contribution in [0.2, 0.25) is 0 Å². The highest BCUT2D eigenvalue weighted by molar-refractivity contribution is 7.99. The second-order valence-electron chi connectivity index (χ2n) is 5.54. The van der Waals surface area contributed by atoms with Crippen molar-refractivity contribution in [1.82, 2.24) is 10.3 Å². The average Bonchev–Trinajstić information content (AvgIpc) is 2.76. The van der Waals surface area contributed by atoms with Gasteiger partial charge < -0.3 is 10.3 Å². The molecule has 0 saturated heterocycles. The Kier molecular flexibility index (Phi) is 5.34. The molecule has 0 spiro atoms. The summed E-state index contributed by atoms with van der Waals surface area (Å²) in [6, 6.07) is 10.7. The van der Waals surface area contributed by atoms with E-state index in [0.717, 1.165) is 19.0 Å². The standard InChI is InChI=1S/C16H24N2S/c1-12(2)8-9-17-11-13(3)19-16-10-14-6-4-5-7-15(14)18-16/h4-7,10,12-13,17-18H,8-9,11H2,1-3H3. The van der Waals surface area contributed by atoms with E-state index < -0.39 is 0 Å². The second kappa shape index (κ2) is 7.01. The van der Waals surface area contributed by atoms with Crippen LogP contribution in [0.1, 0.15) is 27.2 Å². The topological polar surface area (TPSA) is 27.8 Å². The molecule has 0 amide bonds. The third-order valence-electron chi connectivity index (χ3n) is 3.16. The van der Waals surface area contributed by atoms with E-state index in [4.69, 9.17) is 0 Å². The molecule has 0 fully saturated rings. The third-order valence-corrected chi connectivity index (χ3v) is 4.21. The maximum absolute atomic E-state index is 3.54. The first-order valence-corrected chi connectivity index (χ1v) is 7.98. The third kappa shape index (κ3) is 4.59. The molecule has 0 bridgehead atoms. The molecule has 19 heavy (non-hydrogen) atoms. The summed E-state index contributed by atoms with van der Waals surface area (Å²) in [5.74, 6) is 0.782. The fraction of sp³-hybridized carbons (Fsp3) is 0.500. The highest BCUT2D eigenvalue weighted by Gasteiger charge is 2.07. The number of hydrogen-bond acceptors (Lipinski definition) is 2. The lowest BCUT2D eigenvalue weighted by molar-refractivity contribution is 0.539. The lowest BCUT2D eigenvalue weighted by Crippen LogP contribution is -2.24. The van der Waals surface area contributed by atoms with Gasteiger partial charge >= 0.3 is 0 Å². The Morgan fingerprint density at radius 3 is 2.74 bits per heavy atom. The number of nitrogens with one attached hydrogen (secondary N) is 2. The maximum Gasteiger partial charge on any atom is 0.0735 e. The molecule has 1 heterocycles. The SMILES string of the molecule is CC(C)CCNCC(C)Sc1cc2ccccc2[nH]1. The van der Waals surface area contributed by atoms with Gasteiger partial charge in [-0.15, -0.1) is 11.8 Å². The van der Waals surface area contributed by atoms with E-state index in [1.807, 2.05) is 11.8 Å². The molecule has 2 N–H and O–H groups in total. The van der Waals surface area contributed by atoms with Crippen LogP contribution in [0, 0.1) is 5.92 Å². The average molecular weight is 276 g/mol. The molecule has 0 radical (unpaired) electrons. The van der Waals surface area contributed by atoms with Gasteiger partial charge in [-0.05, 0) is 31.0 Å². The summed E-state index contributed by atoms with van der Waals surface area (Å²) in [6.45, 7) is 9.00. The van der Waals surface area contributed by atoms with Crippen molar-refractivity contribution in [1.29, 1.82) is 0 Å². The Balaban J connectivity index is 1.80. The molecule has 2 rings (SSSR count). The number of benzene rings is 1. The zero-order valence-corrected chi connectivity index (χ0v) is 12.9. The summed E-state index contributed by atoms with van der Waals surface area (Å²) in [6.07, 6.45) is 1.25. The molecule has 0 aliphatic rings. The molecular weight excluding hydrogens is 252 g/mol. The Hall–Kier alpha value is -0.930. The first-order valence-electron chi connectivity index (χ1n) is 7.10. The summed E-state index contributed by atoms with van der Waals surface area (Å²) in [4.78, 5) is 3.47. The van der Waals surface area contributed by atoms with Crippen LogP contribution in [-0.4, -0.2) is 23.3 Å². The number of rotatable bonds is 7.